The molecule has 1 fully saturated rings. The molecule has 2 N–H and O–H groups in total. The predicted molar refractivity (Wildman–Crippen MR) is 69.5 cm³/mol. The molecular weight excluding hydrogens is 226 g/mol. The van der Waals surface area contributed by atoms with Crippen molar-refractivity contribution in [3.05, 3.63) is 42.4 Å². The van der Waals surface area contributed by atoms with E-state index in [0.717, 1.165) is 24.5 Å². The maximum absolute atomic E-state index is 4.53. The number of aromatic nitrogens is 3. The van der Waals surface area contributed by atoms with Crippen LogP contribution in [0.3, 0.4) is 0 Å². The van der Waals surface area contributed by atoms with Crippen LogP contribution in [-0.2, 0) is 0 Å². The van der Waals surface area contributed by atoms with Gasteiger partial charge in [0.25, 0.3) is 0 Å². The number of rotatable bonds is 3. The van der Waals surface area contributed by atoms with Gasteiger partial charge >= 0.3 is 0 Å². The highest BCUT2D eigenvalue weighted by Gasteiger charge is 2.17. The topological polar surface area (TPSA) is 62.7 Å². The Morgan fingerprint density at radius 3 is 2.94 bits per heavy atom. The van der Waals surface area contributed by atoms with Crippen molar-refractivity contribution in [3.8, 4) is 0 Å². The Morgan fingerprint density at radius 2 is 2.17 bits per heavy atom. The van der Waals surface area contributed by atoms with Gasteiger partial charge in [0.1, 0.15) is 5.82 Å². The summed E-state index contributed by atoms with van der Waals surface area (Å²) in [5.41, 5.74) is 1.04. The largest absolute Gasteiger partial charge is 0.309 e. The molecule has 92 valence electrons. The Morgan fingerprint density at radius 1 is 1.17 bits per heavy atom. The van der Waals surface area contributed by atoms with Crippen molar-refractivity contribution in [2.75, 3.05) is 11.9 Å². The quantitative estimate of drug-likeness (QED) is 0.861. The van der Waals surface area contributed by atoms with Crippen molar-refractivity contribution in [1.29, 1.82) is 0 Å². The minimum atomic E-state index is 0.359. The molecule has 1 aliphatic rings. The summed E-state index contributed by atoms with van der Waals surface area (Å²) in [5, 5.41) is 6.54. The van der Waals surface area contributed by atoms with Crippen LogP contribution in [0.4, 0.5) is 11.8 Å². The smallest absolute Gasteiger partial charge is 0.228 e. The standard InChI is InChI=1S/C13H15N5/c1-2-7-15-12(5-1)18-13-16-9-6-11(17-13)10-4-3-8-14-10/h1-2,5-7,9-10,14H,3-4,8H2,(H,15,16,17,18)/t10-/m1/s1. The van der Waals surface area contributed by atoms with Crippen LogP contribution >= 0.6 is 0 Å². The van der Waals surface area contributed by atoms with E-state index in [0.29, 0.717) is 12.0 Å². The lowest BCUT2D eigenvalue weighted by atomic mass is 10.1. The van der Waals surface area contributed by atoms with E-state index in [1.807, 2.05) is 24.3 Å². The van der Waals surface area contributed by atoms with E-state index in [9.17, 15) is 0 Å². The van der Waals surface area contributed by atoms with Gasteiger partial charge in [-0.3, -0.25) is 0 Å². The van der Waals surface area contributed by atoms with Gasteiger partial charge in [0.15, 0.2) is 0 Å². The molecule has 2 aromatic rings. The van der Waals surface area contributed by atoms with Gasteiger partial charge in [-0.2, -0.15) is 0 Å². The summed E-state index contributed by atoms with van der Waals surface area (Å²) in [6.07, 6.45) is 5.87. The Hall–Kier alpha value is -2.01. The van der Waals surface area contributed by atoms with Crippen LogP contribution in [-0.4, -0.2) is 21.5 Å². The zero-order valence-electron chi connectivity index (χ0n) is 10.0. The maximum Gasteiger partial charge on any atom is 0.228 e. The van der Waals surface area contributed by atoms with Crippen molar-refractivity contribution in [3.63, 3.8) is 0 Å². The van der Waals surface area contributed by atoms with E-state index in [1.165, 1.54) is 6.42 Å². The van der Waals surface area contributed by atoms with Gasteiger partial charge in [-0.05, 0) is 37.6 Å². The average Bonchev–Trinajstić information content (AvgIpc) is 2.94. The molecule has 1 atom stereocenters. The molecule has 0 spiro atoms. The number of nitrogens with one attached hydrogen (secondary N) is 2. The lowest BCUT2D eigenvalue weighted by molar-refractivity contribution is 0.626. The van der Waals surface area contributed by atoms with Crippen molar-refractivity contribution in [2.45, 2.75) is 18.9 Å². The van der Waals surface area contributed by atoms with Gasteiger partial charge < -0.3 is 10.6 Å². The Labute approximate surface area is 106 Å². The van der Waals surface area contributed by atoms with Crippen LogP contribution in [0.15, 0.2) is 36.7 Å². The summed E-state index contributed by atoms with van der Waals surface area (Å²) in [4.78, 5) is 12.9. The molecule has 18 heavy (non-hydrogen) atoms. The molecule has 0 radical (unpaired) electrons. The first kappa shape index (κ1) is 11.1. The molecule has 0 unspecified atom stereocenters. The van der Waals surface area contributed by atoms with Gasteiger partial charge in [0.05, 0.1) is 5.69 Å². The van der Waals surface area contributed by atoms with Crippen LogP contribution in [0, 0.1) is 0 Å². The second kappa shape index (κ2) is 5.10. The molecule has 0 amide bonds. The minimum absolute atomic E-state index is 0.359. The zero-order valence-corrected chi connectivity index (χ0v) is 10.0. The highest BCUT2D eigenvalue weighted by Crippen LogP contribution is 2.21. The second-order valence-electron chi connectivity index (χ2n) is 4.29. The molecule has 5 nitrogen and oxygen atoms in total. The molecular formula is C13H15N5. The summed E-state index contributed by atoms with van der Waals surface area (Å²) in [6.45, 7) is 1.07. The molecule has 0 saturated carbocycles. The molecule has 0 bridgehead atoms. The van der Waals surface area contributed by atoms with E-state index in [4.69, 9.17) is 0 Å². The van der Waals surface area contributed by atoms with Crippen molar-refractivity contribution in [2.24, 2.45) is 0 Å². The number of nitrogens with zero attached hydrogens (tertiary/aromatic N) is 3. The molecule has 5 heteroatoms. The van der Waals surface area contributed by atoms with Crippen LogP contribution in [0.25, 0.3) is 0 Å². The fourth-order valence-electron chi connectivity index (χ4n) is 2.12. The first-order valence-electron chi connectivity index (χ1n) is 6.16. The average molecular weight is 241 g/mol. The van der Waals surface area contributed by atoms with Crippen molar-refractivity contribution in [1.82, 2.24) is 20.3 Å². The molecule has 3 heterocycles. The monoisotopic (exact) mass is 241 g/mol. The molecule has 3 rings (SSSR count). The van der Waals surface area contributed by atoms with Crippen molar-refractivity contribution < 1.29 is 0 Å². The highest BCUT2D eigenvalue weighted by atomic mass is 15.1. The Bertz CT molecular complexity index is 508. The maximum atomic E-state index is 4.53. The molecule has 0 aromatic carbocycles. The number of anilines is 2. The van der Waals surface area contributed by atoms with E-state index in [-0.39, 0.29) is 0 Å². The number of hydrogen-bond acceptors (Lipinski definition) is 5. The first-order chi connectivity index (χ1) is 8.92. The van der Waals surface area contributed by atoms with Crippen LogP contribution in [0.1, 0.15) is 24.6 Å². The van der Waals surface area contributed by atoms with Crippen LogP contribution < -0.4 is 10.6 Å². The third-order valence-electron chi connectivity index (χ3n) is 3.00. The van der Waals surface area contributed by atoms with Gasteiger partial charge in [0, 0.05) is 18.4 Å². The van der Waals surface area contributed by atoms with E-state index in [1.54, 1.807) is 12.4 Å². The Kier molecular flexibility index (Phi) is 3.14. The van der Waals surface area contributed by atoms with E-state index in [2.05, 4.69) is 25.6 Å². The summed E-state index contributed by atoms with van der Waals surface area (Å²) >= 11 is 0. The van der Waals surface area contributed by atoms with Crippen LogP contribution in [0.5, 0.6) is 0 Å². The third kappa shape index (κ3) is 2.46. The SMILES string of the molecule is c1ccc(Nc2nccc([C@H]3CCCN3)n2)nc1. The molecule has 1 saturated heterocycles. The fraction of sp³-hybridized carbons (Fsp3) is 0.308. The molecule has 2 aromatic heterocycles. The summed E-state index contributed by atoms with van der Waals surface area (Å²) in [7, 11) is 0. The van der Waals surface area contributed by atoms with Crippen molar-refractivity contribution >= 4 is 11.8 Å². The van der Waals surface area contributed by atoms with Gasteiger partial charge in [-0.1, -0.05) is 6.07 Å². The highest BCUT2D eigenvalue weighted by molar-refractivity contribution is 5.46. The summed E-state index contributed by atoms with van der Waals surface area (Å²) in [5.74, 6) is 1.36. The normalized spacial score (nSPS) is 18.8. The lowest BCUT2D eigenvalue weighted by Gasteiger charge is -2.10. The fourth-order valence-corrected chi connectivity index (χ4v) is 2.12. The first-order valence-corrected chi connectivity index (χ1v) is 6.16. The van der Waals surface area contributed by atoms with Gasteiger partial charge in [0.2, 0.25) is 5.95 Å². The minimum Gasteiger partial charge on any atom is -0.309 e. The van der Waals surface area contributed by atoms with E-state index >= 15 is 0 Å². The number of pyridine rings is 1. The lowest BCUT2D eigenvalue weighted by Crippen LogP contribution is -2.15. The second-order valence-corrected chi connectivity index (χ2v) is 4.29. The zero-order chi connectivity index (χ0) is 12.2. The van der Waals surface area contributed by atoms with Gasteiger partial charge in [-0.25, -0.2) is 15.0 Å². The number of hydrogen-bond donors (Lipinski definition) is 2. The summed E-state index contributed by atoms with van der Waals surface area (Å²) < 4.78 is 0. The summed E-state index contributed by atoms with van der Waals surface area (Å²) in [6, 6.07) is 8.02. The third-order valence-corrected chi connectivity index (χ3v) is 3.00. The van der Waals surface area contributed by atoms with Crippen LogP contribution in [0.2, 0.25) is 0 Å². The predicted octanol–water partition coefficient (Wildman–Crippen LogP) is 2.04. The van der Waals surface area contributed by atoms with E-state index < -0.39 is 0 Å². The Balaban J connectivity index is 1.78. The molecule has 1 aliphatic heterocycles. The van der Waals surface area contributed by atoms with Gasteiger partial charge in [-0.15, -0.1) is 0 Å². The molecule has 0 aliphatic carbocycles.